The van der Waals surface area contributed by atoms with Gasteiger partial charge in [0.2, 0.25) is 5.95 Å². The van der Waals surface area contributed by atoms with E-state index in [1.54, 1.807) is 12.4 Å². The molecule has 168 valence electrons. The highest BCUT2D eigenvalue weighted by molar-refractivity contribution is 5.80. The summed E-state index contributed by atoms with van der Waals surface area (Å²) in [4.78, 5) is 29.7. The van der Waals surface area contributed by atoms with Crippen molar-refractivity contribution in [2.45, 2.75) is 65.4 Å². The Bertz CT molecular complexity index is 651. The van der Waals surface area contributed by atoms with Crippen molar-refractivity contribution in [2.75, 3.05) is 44.2 Å². The van der Waals surface area contributed by atoms with Crippen LogP contribution in [0.3, 0.4) is 0 Å². The van der Waals surface area contributed by atoms with E-state index in [0.29, 0.717) is 6.42 Å². The molecule has 0 atom stereocenters. The summed E-state index contributed by atoms with van der Waals surface area (Å²) in [6.45, 7) is 13.0. The van der Waals surface area contributed by atoms with E-state index < -0.39 is 5.60 Å². The van der Waals surface area contributed by atoms with Gasteiger partial charge in [0.25, 0.3) is 0 Å². The minimum Gasteiger partial charge on any atom is -0.460 e. The number of ether oxygens (including phenoxy) is 1. The number of guanidine groups is 1. The molecule has 2 rings (SSSR count). The number of aliphatic imine (C=N–C) groups is 1. The second-order valence-corrected chi connectivity index (χ2v) is 8.51. The number of nitrogens with one attached hydrogen (secondary N) is 1. The molecule has 1 aliphatic heterocycles. The number of hydrogen-bond acceptors (Lipinski definition) is 6. The molecule has 2 heterocycles. The molecule has 0 amide bonds. The fraction of sp³-hybridized carbons (Fsp3) is 0.727. The zero-order valence-electron chi connectivity index (χ0n) is 19.1. The molecule has 1 aromatic heterocycles. The third-order valence-corrected chi connectivity index (χ3v) is 4.72. The van der Waals surface area contributed by atoms with Gasteiger partial charge < -0.3 is 19.9 Å². The molecule has 8 heteroatoms. The molecule has 1 N–H and O–H groups in total. The number of nitrogens with zero attached hydrogens (tertiary/aromatic N) is 5. The number of carbonyl (C=O) groups excluding carboxylic acids is 1. The zero-order chi connectivity index (χ0) is 21.8. The summed E-state index contributed by atoms with van der Waals surface area (Å²) in [5, 5.41) is 3.41. The van der Waals surface area contributed by atoms with Gasteiger partial charge in [0.05, 0.1) is 0 Å². The number of rotatable bonds is 9. The highest BCUT2D eigenvalue weighted by Crippen LogP contribution is 2.12. The Kier molecular flexibility index (Phi) is 9.83. The van der Waals surface area contributed by atoms with Crippen molar-refractivity contribution in [1.29, 1.82) is 0 Å². The molecule has 30 heavy (non-hydrogen) atoms. The summed E-state index contributed by atoms with van der Waals surface area (Å²) in [5.41, 5.74) is -0.395. The van der Waals surface area contributed by atoms with E-state index in [1.807, 2.05) is 26.8 Å². The lowest BCUT2D eigenvalue weighted by molar-refractivity contribution is -0.154. The summed E-state index contributed by atoms with van der Waals surface area (Å²) in [5.74, 6) is 1.68. The van der Waals surface area contributed by atoms with Crippen LogP contribution in [-0.4, -0.2) is 71.7 Å². The molecule has 1 aromatic rings. The lowest BCUT2D eigenvalue weighted by Crippen LogP contribution is -2.53. The largest absolute Gasteiger partial charge is 0.460 e. The van der Waals surface area contributed by atoms with Crippen LogP contribution in [0.1, 0.15) is 59.8 Å². The first-order valence-corrected chi connectivity index (χ1v) is 11.2. The lowest BCUT2D eigenvalue weighted by atomic mass is 10.1. The van der Waals surface area contributed by atoms with Gasteiger partial charge in [0, 0.05) is 58.1 Å². The van der Waals surface area contributed by atoms with E-state index in [2.05, 4.69) is 32.0 Å². The number of hydrogen-bond donors (Lipinski definition) is 1. The van der Waals surface area contributed by atoms with E-state index >= 15 is 0 Å². The van der Waals surface area contributed by atoms with Gasteiger partial charge >= 0.3 is 5.97 Å². The Morgan fingerprint density at radius 3 is 2.40 bits per heavy atom. The maximum absolute atomic E-state index is 11.7. The average molecular weight is 419 g/mol. The molecule has 0 spiro atoms. The number of carbonyl (C=O) groups is 1. The second kappa shape index (κ2) is 12.3. The fourth-order valence-electron chi connectivity index (χ4n) is 3.31. The molecule has 0 saturated carbocycles. The first kappa shape index (κ1) is 23.9. The highest BCUT2D eigenvalue weighted by Gasteiger charge is 2.21. The van der Waals surface area contributed by atoms with E-state index in [9.17, 15) is 4.79 Å². The van der Waals surface area contributed by atoms with E-state index in [-0.39, 0.29) is 5.97 Å². The van der Waals surface area contributed by atoms with E-state index in [4.69, 9.17) is 9.73 Å². The van der Waals surface area contributed by atoms with Gasteiger partial charge in [-0.05, 0) is 46.6 Å². The molecule has 0 unspecified atom stereocenters. The van der Waals surface area contributed by atoms with Gasteiger partial charge in [-0.15, -0.1) is 0 Å². The van der Waals surface area contributed by atoms with Crippen LogP contribution in [0.25, 0.3) is 0 Å². The van der Waals surface area contributed by atoms with Crippen molar-refractivity contribution >= 4 is 17.9 Å². The van der Waals surface area contributed by atoms with Crippen molar-refractivity contribution in [3.8, 4) is 0 Å². The second-order valence-electron chi connectivity index (χ2n) is 8.51. The summed E-state index contributed by atoms with van der Waals surface area (Å²) >= 11 is 0. The van der Waals surface area contributed by atoms with Crippen LogP contribution in [0.2, 0.25) is 0 Å². The number of esters is 1. The van der Waals surface area contributed by atoms with Crippen LogP contribution >= 0.6 is 0 Å². The molecule has 1 aliphatic rings. The van der Waals surface area contributed by atoms with Gasteiger partial charge in [-0.3, -0.25) is 9.79 Å². The van der Waals surface area contributed by atoms with E-state index in [1.165, 1.54) is 0 Å². The molecule has 8 nitrogen and oxygen atoms in total. The van der Waals surface area contributed by atoms with Crippen molar-refractivity contribution in [3.63, 3.8) is 0 Å². The normalized spacial score (nSPS) is 15.3. The van der Waals surface area contributed by atoms with Gasteiger partial charge in [-0.2, -0.15) is 0 Å². The quantitative estimate of drug-likeness (QED) is 0.286. The molecule has 0 aromatic carbocycles. The average Bonchev–Trinajstić information content (AvgIpc) is 2.72. The predicted octanol–water partition coefficient (Wildman–Crippen LogP) is 2.86. The van der Waals surface area contributed by atoms with Gasteiger partial charge in [-0.25, -0.2) is 9.97 Å². The third kappa shape index (κ3) is 8.97. The summed E-state index contributed by atoms with van der Waals surface area (Å²) < 4.78 is 5.34. The van der Waals surface area contributed by atoms with Crippen LogP contribution in [0.4, 0.5) is 5.95 Å². The fourth-order valence-corrected chi connectivity index (χ4v) is 3.31. The third-order valence-electron chi connectivity index (χ3n) is 4.72. The van der Waals surface area contributed by atoms with Gasteiger partial charge in [-0.1, -0.05) is 12.8 Å². The van der Waals surface area contributed by atoms with Gasteiger partial charge in [0.1, 0.15) is 5.60 Å². The topological polar surface area (TPSA) is 83.0 Å². The number of piperazine rings is 1. The maximum Gasteiger partial charge on any atom is 0.306 e. The van der Waals surface area contributed by atoms with Crippen LogP contribution < -0.4 is 10.2 Å². The Morgan fingerprint density at radius 2 is 1.77 bits per heavy atom. The molecule has 1 fully saturated rings. The van der Waals surface area contributed by atoms with Crippen molar-refractivity contribution in [3.05, 3.63) is 18.5 Å². The predicted molar refractivity (Wildman–Crippen MR) is 121 cm³/mol. The lowest BCUT2D eigenvalue weighted by Gasteiger charge is -2.36. The number of aromatic nitrogens is 2. The molecular weight excluding hydrogens is 380 g/mol. The van der Waals surface area contributed by atoms with Crippen LogP contribution in [0, 0.1) is 0 Å². The molecular formula is C22H38N6O2. The summed E-state index contributed by atoms with van der Waals surface area (Å²) in [6.07, 6.45) is 8.08. The van der Waals surface area contributed by atoms with Gasteiger partial charge in [0.15, 0.2) is 5.96 Å². The number of unbranched alkanes of at least 4 members (excludes halogenated alkanes) is 3. The molecule has 0 aliphatic carbocycles. The Balaban J connectivity index is 1.66. The van der Waals surface area contributed by atoms with Crippen molar-refractivity contribution in [1.82, 2.24) is 20.2 Å². The summed E-state index contributed by atoms with van der Waals surface area (Å²) in [7, 11) is 0. The first-order valence-electron chi connectivity index (χ1n) is 11.2. The Morgan fingerprint density at radius 1 is 1.10 bits per heavy atom. The Labute approximate surface area is 181 Å². The SMILES string of the molecule is CCNC(=NCCCCCCC(=O)OC(C)(C)C)N1CCN(c2ncccn2)CC1. The minimum absolute atomic E-state index is 0.102. The summed E-state index contributed by atoms with van der Waals surface area (Å²) in [6, 6.07) is 1.84. The van der Waals surface area contributed by atoms with Crippen LogP contribution in [-0.2, 0) is 9.53 Å². The van der Waals surface area contributed by atoms with Crippen molar-refractivity contribution in [2.24, 2.45) is 4.99 Å². The number of anilines is 1. The zero-order valence-corrected chi connectivity index (χ0v) is 19.1. The van der Waals surface area contributed by atoms with Crippen molar-refractivity contribution < 1.29 is 9.53 Å². The molecule has 0 radical (unpaired) electrons. The highest BCUT2D eigenvalue weighted by atomic mass is 16.6. The molecule has 1 saturated heterocycles. The minimum atomic E-state index is -0.395. The molecule has 0 bridgehead atoms. The van der Waals surface area contributed by atoms with Crippen LogP contribution in [0.15, 0.2) is 23.5 Å². The first-order chi connectivity index (χ1) is 14.4. The van der Waals surface area contributed by atoms with Crippen LogP contribution in [0.5, 0.6) is 0 Å². The smallest absolute Gasteiger partial charge is 0.306 e. The van der Waals surface area contributed by atoms with E-state index in [0.717, 1.165) is 76.9 Å². The Hall–Kier alpha value is -2.38. The monoisotopic (exact) mass is 418 g/mol. The maximum atomic E-state index is 11.7. The standard InChI is InChI=1S/C22H38N6O2/c1-5-23-20(24-12-9-7-6-8-11-19(29)30-22(2,3)4)27-15-17-28(18-16-27)21-25-13-10-14-26-21/h10,13-14H,5-9,11-12,15-18H2,1-4H3,(H,23,24).